The van der Waals surface area contributed by atoms with Crippen LogP contribution in [0.5, 0.6) is 0 Å². The highest BCUT2D eigenvalue weighted by Gasteiger charge is 2.24. The molecule has 0 amide bonds. The van der Waals surface area contributed by atoms with Crippen molar-refractivity contribution in [3.05, 3.63) is 18.1 Å². The van der Waals surface area contributed by atoms with E-state index in [1.165, 1.54) is 12.8 Å². The topological polar surface area (TPSA) is 98.4 Å². The zero-order valence-corrected chi connectivity index (χ0v) is 13.9. The monoisotopic (exact) mass is 327 g/mol. The maximum atomic E-state index is 4.33. The zero-order chi connectivity index (χ0) is 16.5. The number of aryl methyl sites for hydroxylation is 2. The van der Waals surface area contributed by atoms with Crippen LogP contribution in [0, 0.1) is 12.8 Å². The predicted octanol–water partition coefficient (Wildman–Crippen LogP) is 1.20. The second-order valence-corrected chi connectivity index (χ2v) is 6.26. The summed E-state index contributed by atoms with van der Waals surface area (Å²) in [5.41, 5.74) is 2.53. The third kappa shape index (κ3) is 3.01. The summed E-state index contributed by atoms with van der Waals surface area (Å²) in [5.74, 6) is 2.45. The van der Waals surface area contributed by atoms with E-state index in [0.717, 1.165) is 47.5 Å². The van der Waals surface area contributed by atoms with Gasteiger partial charge >= 0.3 is 0 Å². The molecule has 0 aromatic carbocycles. The van der Waals surface area contributed by atoms with Crippen LogP contribution >= 0.6 is 0 Å². The molecule has 3 aromatic rings. The van der Waals surface area contributed by atoms with Gasteiger partial charge in [0.05, 0.1) is 5.69 Å². The smallest absolute Gasteiger partial charge is 0.183 e. The van der Waals surface area contributed by atoms with E-state index in [0.29, 0.717) is 6.54 Å². The van der Waals surface area contributed by atoms with Gasteiger partial charge in [-0.2, -0.15) is 5.10 Å². The summed E-state index contributed by atoms with van der Waals surface area (Å²) in [6, 6.07) is 2.02. The van der Waals surface area contributed by atoms with Crippen molar-refractivity contribution in [1.29, 1.82) is 0 Å². The van der Waals surface area contributed by atoms with Crippen molar-refractivity contribution in [2.45, 2.75) is 26.3 Å². The van der Waals surface area contributed by atoms with E-state index in [2.05, 4.69) is 36.0 Å². The van der Waals surface area contributed by atoms with Gasteiger partial charge in [0, 0.05) is 32.7 Å². The summed E-state index contributed by atoms with van der Waals surface area (Å²) in [6.45, 7) is 4.34. The molecule has 4 rings (SSSR count). The highest BCUT2D eigenvalue weighted by molar-refractivity contribution is 5.81. The molecule has 0 unspecified atom stereocenters. The van der Waals surface area contributed by atoms with Gasteiger partial charge in [-0.15, -0.1) is 5.10 Å². The maximum Gasteiger partial charge on any atom is 0.183 e. The highest BCUT2D eigenvalue weighted by atomic mass is 15.4. The number of hydrogen-bond acceptors (Lipinski definition) is 7. The second kappa shape index (κ2) is 6.06. The molecular formula is C15H21N9. The fourth-order valence-electron chi connectivity index (χ4n) is 2.74. The van der Waals surface area contributed by atoms with Crippen LogP contribution in [0.4, 0.5) is 11.6 Å². The summed E-state index contributed by atoms with van der Waals surface area (Å²) in [7, 11) is 1.93. The maximum absolute atomic E-state index is 4.33. The number of hydrogen-bond donors (Lipinski definition) is 2. The standard InChI is InChI=1S/C15H21N9/c1-10-7-12(23(2)21-10)16-5-6-17-14-13-15(19-9-18-14)24(22-20-13)8-11-3-4-11/h7,9,11,16H,3-6,8H2,1-2H3,(H,17,18,19). The molecule has 1 fully saturated rings. The Morgan fingerprint density at radius 2 is 2.04 bits per heavy atom. The third-order valence-corrected chi connectivity index (χ3v) is 4.15. The van der Waals surface area contributed by atoms with Crippen molar-refractivity contribution >= 4 is 22.8 Å². The van der Waals surface area contributed by atoms with Crippen LogP contribution in [0.25, 0.3) is 11.2 Å². The summed E-state index contributed by atoms with van der Waals surface area (Å²) in [6.07, 6.45) is 4.11. The Morgan fingerprint density at radius 1 is 1.21 bits per heavy atom. The number of aromatic nitrogens is 7. The lowest BCUT2D eigenvalue weighted by molar-refractivity contribution is 0.555. The van der Waals surface area contributed by atoms with E-state index in [1.807, 2.05) is 29.4 Å². The third-order valence-electron chi connectivity index (χ3n) is 4.15. The molecule has 9 heteroatoms. The first kappa shape index (κ1) is 14.9. The Bertz CT molecular complexity index is 846. The Balaban J connectivity index is 1.39. The largest absolute Gasteiger partial charge is 0.369 e. The van der Waals surface area contributed by atoms with Gasteiger partial charge in [-0.1, -0.05) is 5.21 Å². The lowest BCUT2D eigenvalue weighted by Gasteiger charge is -2.08. The average Bonchev–Trinajstić information content (AvgIpc) is 3.20. The summed E-state index contributed by atoms with van der Waals surface area (Å²) >= 11 is 0. The molecule has 126 valence electrons. The minimum absolute atomic E-state index is 0.714. The van der Waals surface area contributed by atoms with Gasteiger partial charge in [0.1, 0.15) is 12.1 Å². The summed E-state index contributed by atoms with van der Waals surface area (Å²) in [4.78, 5) is 8.63. The van der Waals surface area contributed by atoms with Crippen LogP contribution in [0.15, 0.2) is 12.4 Å². The quantitative estimate of drug-likeness (QED) is 0.629. The molecule has 0 radical (unpaired) electrons. The minimum Gasteiger partial charge on any atom is -0.369 e. The molecule has 0 atom stereocenters. The molecule has 1 saturated carbocycles. The van der Waals surface area contributed by atoms with Gasteiger partial charge < -0.3 is 10.6 Å². The number of fused-ring (bicyclic) bond motifs is 1. The molecule has 0 spiro atoms. The average molecular weight is 327 g/mol. The van der Waals surface area contributed by atoms with Crippen molar-refractivity contribution < 1.29 is 0 Å². The fourth-order valence-corrected chi connectivity index (χ4v) is 2.74. The SMILES string of the molecule is Cc1cc(NCCNc2ncnc3c2nnn3CC2CC2)n(C)n1. The van der Waals surface area contributed by atoms with Gasteiger partial charge in [-0.3, -0.25) is 4.68 Å². The summed E-state index contributed by atoms with van der Waals surface area (Å²) < 4.78 is 3.72. The van der Waals surface area contributed by atoms with Gasteiger partial charge in [0.2, 0.25) is 0 Å². The molecule has 2 N–H and O–H groups in total. The molecule has 0 bridgehead atoms. The Kier molecular flexibility index (Phi) is 3.75. The first-order valence-electron chi connectivity index (χ1n) is 8.23. The molecular weight excluding hydrogens is 306 g/mol. The van der Waals surface area contributed by atoms with Crippen molar-refractivity contribution in [2.75, 3.05) is 23.7 Å². The molecule has 3 heterocycles. The molecule has 1 aliphatic carbocycles. The van der Waals surface area contributed by atoms with Crippen LogP contribution < -0.4 is 10.6 Å². The summed E-state index contributed by atoms with van der Waals surface area (Å²) in [5, 5.41) is 19.4. The molecule has 24 heavy (non-hydrogen) atoms. The van der Waals surface area contributed by atoms with Crippen molar-refractivity contribution in [1.82, 2.24) is 34.7 Å². The van der Waals surface area contributed by atoms with Gasteiger partial charge in [-0.05, 0) is 25.7 Å². The Hall–Kier alpha value is -2.71. The van der Waals surface area contributed by atoms with E-state index in [-0.39, 0.29) is 0 Å². The van der Waals surface area contributed by atoms with E-state index < -0.39 is 0 Å². The molecule has 3 aromatic heterocycles. The molecule has 1 aliphatic rings. The van der Waals surface area contributed by atoms with Crippen LogP contribution in [-0.4, -0.2) is 47.8 Å². The van der Waals surface area contributed by atoms with Crippen molar-refractivity contribution in [3.8, 4) is 0 Å². The first-order chi connectivity index (χ1) is 11.7. The Labute approximate surface area is 139 Å². The Morgan fingerprint density at radius 3 is 2.79 bits per heavy atom. The van der Waals surface area contributed by atoms with E-state index in [4.69, 9.17) is 0 Å². The molecule has 0 saturated heterocycles. The van der Waals surface area contributed by atoms with Crippen LogP contribution in [0.1, 0.15) is 18.5 Å². The lowest BCUT2D eigenvalue weighted by Crippen LogP contribution is -2.16. The van der Waals surface area contributed by atoms with E-state index >= 15 is 0 Å². The minimum atomic E-state index is 0.714. The van der Waals surface area contributed by atoms with Gasteiger partial charge in [-0.25, -0.2) is 14.6 Å². The number of nitrogens with zero attached hydrogens (tertiary/aromatic N) is 7. The van der Waals surface area contributed by atoms with Crippen LogP contribution in [0.2, 0.25) is 0 Å². The number of anilines is 2. The molecule has 0 aliphatic heterocycles. The van der Waals surface area contributed by atoms with Gasteiger partial charge in [0.15, 0.2) is 17.0 Å². The van der Waals surface area contributed by atoms with E-state index in [1.54, 1.807) is 6.33 Å². The van der Waals surface area contributed by atoms with E-state index in [9.17, 15) is 0 Å². The van der Waals surface area contributed by atoms with Crippen LogP contribution in [0.3, 0.4) is 0 Å². The number of rotatable bonds is 7. The molecule has 9 nitrogen and oxygen atoms in total. The van der Waals surface area contributed by atoms with Crippen molar-refractivity contribution in [3.63, 3.8) is 0 Å². The lowest BCUT2D eigenvalue weighted by atomic mass is 10.4. The predicted molar refractivity (Wildman–Crippen MR) is 90.8 cm³/mol. The first-order valence-corrected chi connectivity index (χ1v) is 8.23. The fraction of sp³-hybridized carbons (Fsp3) is 0.533. The van der Waals surface area contributed by atoms with Crippen molar-refractivity contribution in [2.24, 2.45) is 13.0 Å². The van der Waals surface area contributed by atoms with Crippen LogP contribution in [-0.2, 0) is 13.6 Å². The van der Waals surface area contributed by atoms with Gasteiger partial charge in [0.25, 0.3) is 0 Å². The highest BCUT2D eigenvalue weighted by Crippen LogP contribution is 2.31. The second-order valence-electron chi connectivity index (χ2n) is 6.26. The number of nitrogens with one attached hydrogen (secondary N) is 2. The zero-order valence-electron chi connectivity index (χ0n) is 13.9. The normalized spacial score (nSPS) is 14.2.